The highest BCUT2D eigenvalue weighted by atomic mass is 28.1. The monoisotopic (exact) mass is 119 g/mol. The first-order valence-corrected chi connectivity index (χ1v) is 2.31. The molecule has 0 amide bonds. The summed E-state index contributed by atoms with van der Waals surface area (Å²) in [5, 5.41) is 0. The SMILES string of the molecule is CCC1CON1.[SiH4]. The summed E-state index contributed by atoms with van der Waals surface area (Å²) in [5.74, 6) is 0. The molecule has 1 atom stereocenters. The molecule has 1 aliphatic heterocycles. The fraction of sp³-hybridized carbons (Fsp3) is 1.00. The minimum atomic E-state index is 0. The zero-order valence-electron chi connectivity index (χ0n) is 3.90. The predicted molar refractivity (Wildman–Crippen MR) is 34.5 cm³/mol. The third kappa shape index (κ3) is 1.59. The molecule has 0 bridgehead atoms. The first-order chi connectivity index (χ1) is 2.93. The average molecular weight is 119 g/mol. The molecule has 0 aromatic carbocycles. The minimum Gasteiger partial charge on any atom is -0.300 e. The standard InChI is InChI=1S/C4H9NO.H4Si/c1-2-4-3-6-5-4;/h4-5H,2-3H2,1H3;1H4. The Labute approximate surface area is 48.2 Å². The summed E-state index contributed by atoms with van der Waals surface area (Å²) in [5.41, 5.74) is 2.80. The van der Waals surface area contributed by atoms with E-state index in [2.05, 4.69) is 17.2 Å². The van der Waals surface area contributed by atoms with Crippen LogP contribution in [-0.4, -0.2) is 23.6 Å². The molecule has 1 saturated heterocycles. The molecule has 1 rings (SSSR count). The highest BCUT2D eigenvalue weighted by Gasteiger charge is 2.13. The zero-order valence-corrected chi connectivity index (χ0v) is 3.90. The third-order valence-corrected chi connectivity index (χ3v) is 1.03. The van der Waals surface area contributed by atoms with Gasteiger partial charge < -0.3 is 0 Å². The largest absolute Gasteiger partial charge is 0.300 e. The van der Waals surface area contributed by atoms with Gasteiger partial charge in [0.1, 0.15) is 0 Å². The van der Waals surface area contributed by atoms with Crippen molar-refractivity contribution in [2.75, 3.05) is 6.61 Å². The normalized spacial score (nSPS) is 27.9. The summed E-state index contributed by atoms with van der Waals surface area (Å²) in [6.07, 6.45) is 1.18. The smallest absolute Gasteiger partial charge is 0.0858 e. The van der Waals surface area contributed by atoms with Gasteiger partial charge in [0.2, 0.25) is 0 Å². The molecule has 2 nitrogen and oxygen atoms in total. The number of hydrogen-bond donors (Lipinski definition) is 1. The molecule has 0 saturated carbocycles. The van der Waals surface area contributed by atoms with E-state index in [0.717, 1.165) is 6.61 Å². The molecule has 44 valence electrons. The lowest BCUT2D eigenvalue weighted by Gasteiger charge is -2.25. The van der Waals surface area contributed by atoms with E-state index in [1.165, 1.54) is 6.42 Å². The minimum absolute atomic E-state index is 0. The summed E-state index contributed by atoms with van der Waals surface area (Å²) in [6.45, 7) is 3.04. The van der Waals surface area contributed by atoms with E-state index in [-0.39, 0.29) is 11.0 Å². The first-order valence-electron chi connectivity index (χ1n) is 2.31. The van der Waals surface area contributed by atoms with Gasteiger partial charge in [-0.2, -0.15) is 5.48 Å². The van der Waals surface area contributed by atoms with Crippen molar-refractivity contribution in [2.24, 2.45) is 0 Å². The lowest BCUT2D eigenvalue weighted by atomic mass is 10.2. The van der Waals surface area contributed by atoms with Gasteiger partial charge in [0.05, 0.1) is 12.6 Å². The van der Waals surface area contributed by atoms with Crippen LogP contribution in [0.15, 0.2) is 0 Å². The van der Waals surface area contributed by atoms with Crippen molar-refractivity contribution in [1.29, 1.82) is 0 Å². The molecular weight excluding hydrogens is 106 g/mol. The van der Waals surface area contributed by atoms with E-state index in [4.69, 9.17) is 0 Å². The maximum absolute atomic E-state index is 4.68. The Morgan fingerprint density at radius 2 is 2.43 bits per heavy atom. The first kappa shape index (κ1) is 7.14. The van der Waals surface area contributed by atoms with E-state index in [1.807, 2.05) is 0 Å². The summed E-state index contributed by atoms with van der Waals surface area (Å²) < 4.78 is 0. The third-order valence-electron chi connectivity index (χ3n) is 1.03. The van der Waals surface area contributed by atoms with Gasteiger partial charge in [0.25, 0.3) is 0 Å². The van der Waals surface area contributed by atoms with Crippen molar-refractivity contribution in [2.45, 2.75) is 19.4 Å². The molecule has 7 heavy (non-hydrogen) atoms. The molecule has 0 radical (unpaired) electrons. The predicted octanol–water partition coefficient (Wildman–Crippen LogP) is -1.15. The van der Waals surface area contributed by atoms with Gasteiger partial charge in [-0.05, 0) is 17.4 Å². The molecule has 0 aliphatic carbocycles. The molecular formula is C4H13NOSi. The fourth-order valence-corrected chi connectivity index (χ4v) is 0.402. The van der Waals surface area contributed by atoms with Gasteiger partial charge in [-0.25, -0.2) is 0 Å². The Kier molecular flexibility index (Phi) is 3.24. The van der Waals surface area contributed by atoms with Crippen LogP contribution in [-0.2, 0) is 4.84 Å². The van der Waals surface area contributed by atoms with Crippen LogP contribution in [0, 0.1) is 0 Å². The molecule has 0 aromatic rings. The van der Waals surface area contributed by atoms with Crippen molar-refractivity contribution in [3.8, 4) is 0 Å². The topological polar surface area (TPSA) is 21.3 Å². The van der Waals surface area contributed by atoms with Crippen molar-refractivity contribution < 1.29 is 4.84 Å². The Hall–Kier alpha value is 0.137. The second-order valence-electron chi connectivity index (χ2n) is 1.53. The van der Waals surface area contributed by atoms with Crippen LogP contribution in [0.3, 0.4) is 0 Å². The van der Waals surface area contributed by atoms with Crippen LogP contribution in [0.1, 0.15) is 13.3 Å². The maximum atomic E-state index is 4.68. The van der Waals surface area contributed by atoms with Crippen LogP contribution in [0.25, 0.3) is 0 Å². The Morgan fingerprint density at radius 1 is 1.86 bits per heavy atom. The summed E-state index contributed by atoms with van der Waals surface area (Å²) in [7, 11) is 0. The second-order valence-corrected chi connectivity index (χ2v) is 1.53. The van der Waals surface area contributed by atoms with Crippen molar-refractivity contribution >= 4 is 11.0 Å². The van der Waals surface area contributed by atoms with Crippen molar-refractivity contribution in [3.05, 3.63) is 0 Å². The van der Waals surface area contributed by atoms with Gasteiger partial charge in [-0.1, -0.05) is 6.92 Å². The number of rotatable bonds is 1. The van der Waals surface area contributed by atoms with Crippen LogP contribution < -0.4 is 5.48 Å². The van der Waals surface area contributed by atoms with Crippen LogP contribution >= 0.6 is 0 Å². The summed E-state index contributed by atoms with van der Waals surface area (Å²) in [4.78, 5) is 4.68. The number of nitrogens with one attached hydrogen (secondary N) is 1. The van der Waals surface area contributed by atoms with Gasteiger partial charge >= 0.3 is 0 Å². The molecule has 1 aliphatic rings. The maximum Gasteiger partial charge on any atom is 0.0858 e. The zero-order chi connectivity index (χ0) is 4.41. The van der Waals surface area contributed by atoms with Crippen molar-refractivity contribution in [1.82, 2.24) is 5.48 Å². The average Bonchev–Trinajstić information content (AvgIpc) is 1.31. The lowest BCUT2D eigenvalue weighted by Crippen LogP contribution is -2.45. The second kappa shape index (κ2) is 3.18. The Balaban J connectivity index is 0.000000360. The highest BCUT2D eigenvalue weighted by molar-refractivity contribution is 5.75. The molecule has 1 unspecified atom stereocenters. The van der Waals surface area contributed by atoms with Gasteiger partial charge in [-0.3, -0.25) is 4.84 Å². The van der Waals surface area contributed by atoms with Crippen molar-refractivity contribution in [3.63, 3.8) is 0 Å². The molecule has 1 fully saturated rings. The molecule has 3 heteroatoms. The number of hydrogen-bond acceptors (Lipinski definition) is 2. The summed E-state index contributed by atoms with van der Waals surface area (Å²) >= 11 is 0. The van der Waals surface area contributed by atoms with Crippen LogP contribution in [0.2, 0.25) is 0 Å². The van der Waals surface area contributed by atoms with Crippen LogP contribution in [0.4, 0.5) is 0 Å². The molecule has 1 heterocycles. The molecule has 0 aromatic heterocycles. The lowest BCUT2D eigenvalue weighted by molar-refractivity contribution is -0.0983. The van der Waals surface area contributed by atoms with Gasteiger partial charge in [0.15, 0.2) is 0 Å². The Morgan fingerprint density at radius 3 is 2.43 bits per heavy atom. The quantitative estimate of drug-likeness (QED) is 0.440. The molecule has 0 spiro atoms. The highest BCUT2D eigenvalue weighted by Crippen LogP contribution is 1.98. The van der Waals surface area contributed by atoms with E-state index < -0.39 is 0 Å². The van der Waals surface area contributed by atoms with E-state index in [1.54, 1.807) is 0 Å². The molecule has 1 N–H and O–H groups in total. The number of hydroxylamine groups is 1. The van der Waals surface area contributed by atoms with E-state index in [9.17, 15) is 0 Å². The van der Waals surface area contributed by atoms with Gasteiger partial charge in [-0.15, -0.1) is 0 Å². The van der Waals surface area contributed by atoms with E-state index in [0.29, 0.717) is 6.04 Å². The van der Waals surface area contributed by atoms with E-state index >= 15 is 0 Å². The summed E-state index contributed by atoms with van der Waals surface area (Å²) in [6, 6.07) is 0.644. The van der Waals surface area contributed by atoms with Gasteiger partial charge in [0, 0.05) is 0 Å². The Bertz CT molecular complexity index is 44.2. The fourth-order valence-electron chi connectivity index (χ4n) is 0.402. The van der Waals surface area contributed by atoms with Crippen LogP contribution in [0.5, 0.6) is 0 Å².